The fraction of sp³-hybridized carbons (Fsp3) is 0.188. The maximum atomic E-state index is 12.1. The number of carbonyl (C=O) groups excluding carboxylic acids is 1. The van der Waals surface area contributed by atoms with Crippen LogP contribution in [0.4, 0.5) is 5.69 Å². The van der Waals surface area contributed by atoms with E-state index in [-0.39, 0.29) is 5.56 Å². The predicted molar refractivity (Wildman–Crippen MR) is 83.5 cm³/mol. The number of ether oxygens (including phenoxy) is 1. The summed E-state index contributed by atoms with van der Waals surface area (Å²) in [5.74, 6) is 1.11. The summed E-state index contributed by atoms with van der Waals surface area (Å²) in [5, 5.41) is 2.59. The van der Waals surface area contributed by atoms with Crippen LogP contribution in [0.25, 0.3) is 0 Å². The molecule has 0 fully saturated rings. The van der Waals surface area contributed by atoms with Crippen LogP contribution in [0.3, 0.4) is 0 Å². The van der Waals surface area contributed by atoms with Crippen molar-refractivity contribution in [1.29, 1.82) is 0 Å². The van der Waals surface area contributed by atoms with E-state index in [4.69, 9.17) is 4.74 Å². The Kier molecular flexibility index (Phi) is 3.29. The number of amides is 1. The predicted octanol–water partition coefficient (Wildman–Crippen LogP) is 1.84. The number of hydrogen-bond acceptors (Lipinski definition) is 4. The van der Waals surface area contributed by atoms with Crippen molar-refractivity contribution < 1.29 is 9.53 Å². The molecule has 22 heavy (non-hydrogen) atoms. The number of nitrogens with zero attached hydrogens (tertiary/aromatic N) is 2. The van der Waals surface area contributed by atoms with Gasteiger partial charge in [0.2, 0.25) is 6.41 Å². The van der Waals surface area contributed by atoms with Crippen LogP contribution in [0.2, 0.25) is 0 Å². The first-order valence-electron chi connectivity index (χ1n) is 6.82. The summed E-state index contributed by atoms with van der Waals surface area (Å²) in [6.07, 6.45) is 2.26. The lowest BCUT2D eigenvalue weighted by molar-refractivity contribution is -0.105. The molecular weight excluding hydrogens is 282 g/mol. The molecule has 1 aromatic carbocycles. The van der Waals surface area contributed by atoms with Gasteiger partial charge < -0.3 is 10.1 Å². The molecule has 0 bridgehead atoms. The summed E-state index contributed by atoms with van der Waals surface area (Å²) >= 11 is 0. The Labute approximate surface area is 127 Å². The highest BCUT2D eigenvalue weighted by Gasteiger charge is 2.29. The van der Waals surface area contributed by atoms with Gasteiger partial charge in [0.1, 0.15) is 11.6 Å². The van der Waals surface area contributed by atoms with Crippen LogP contribution in [-0.4, -0.2) is 22.5 Å². The second-order valence-electron chi connectivity index (χ2n) is 5.37. The fourth-order valence-electron chi connectivity index (χ4n) is 2.34. The lowest BCUT2D eigenvalue weighted by Crippen LogP contribution is -2.37. The molecular formula is C16H15N3O3. The molecule has 0 saturated heterocycles. The van der Waals surface area contributed by atoms with Gasteiger partial charge in [0.15, 0.2) is 5.72 Å². The molecule has 0 atom stereocenters. The lowest BCUT2D eigenvalue weighted by atomic mass is 10.1. The third-order valence-electron chi connectivity index (χ3n) is 3.23. The first kappa shape index (κ1) is 14.1. The molecule has 6 heteroatoms. The highest BCUT2D eigenvalue weighted by molar-refractivity contribution is 6.04. The molecule has 0 unspecified atom stereocenters. The molecule has 3 rings (SSSR count). The van der Waals surface area contributed by atoms with Crippen molar-refractivity contribution in [2.75, 3.05) is 5.32 Å². The second-order valence-corrected chi connectivity index (χ2v) is 5.37. The first-order chi connectivity index (χ1) is 10.5. The summed E-state index contributed by atoms with van der Waals surface area (Å²) in [6.45, 7) is 3.64. The van der Waals surface area contributed by atoms with E-state index in [1.807, 2.05) is 13.8 Å². The van der Waals surface area contributed by atoms with E-state index in [0.29, 0.717) is 29.2 Å². The average Bonchev–Trinajstić information content (AvgIpc) is 2.47. The lowest BCUT2D eigenvalue weighted by Gasteiger charge is -2.30. The van der Waals surface area contributed by atoms with Crippen LogP contribution >= 0.6 is 0 Å². The van der Waals surface area contributed by atoms with Gasteiger partial charge >= 0.3 is 0 Å². The van der Waals surface area contributed by atoms with Gasteiger partial charge in [-0.2, -0.15) is 0 Å². The second kappa shape index (κ2) is 5.14. The van der Waals surface area contributed by atoms with Crippen molar-refractivity contribution in [2.45, 2.75) is 19.6 Å². The van der Waals surface area contributed by atoms with Gasteiger partial charge in [-0.1, -0.05) is 6.07 Å². The third kappa shape index (κ3) is 2.50. The van der Waals surface area contributed by atoms with Gasteiger partial charge in [0, 0.05) is 18.0 Å². The molecule has 0 aliphatic carbocycles. The average molecular weight is 297 g/mol. The molecule has 6 nitrogen and oxygen atoms in total. The number of carbonyl (C=O) groups is 1. The van der Waals surface area contributed by atoms with E-state index >= 15 is 0 Å². The molecule has 2 aromatic rings. The Balaban J connectivity index is 2.22. The van der Waals surface area contributed by atoms with E-state index < -0.39 is 5.72 Å². The Bertz CT molecular complexity index is 821. The van der Waals surface area contributed by atoms with Crippen LogP contribution < -0.4 is 15.6 Å². The maximum Gasteiger partial charge on any atom is 0.256 e. The minimum Gasteiger partial charge on any atom is -0.466 e. The number of hydrogen-bond donors (Lipinski definition) is 1. The fourth-order valence-corrected chi connectivity index (χ4v) is 2.34. The summed E-state index contributed by atoms with van der Waals surface area (Å²) in [7, 11) is 0. The van der Waals surface area contributed by atoms with Crippen molar-refractivity contribution in [3.63, 3.8) is 0 Å². The van der Waals surface area contributed by atoms with Crippen molar-refractivity contribution >= 4 is 17.9 Å². The number of fused-ring (bicyclic) bond motifs is 1. The highest BCUT2D eigenvalue weighted by Crippen LogP contribution is 2.32. The number of nitrogens with one attached hydrogen (secondary N) is 1. The van der Waals surface area contributed by atoms with Crippen LogP contribution in [0.5, 0.6) is 5.75 Å². The number of rotatable bonds is 2. The molecule has 2 heterocycles. The van der Waals surface area contributed by atoms with Crippen molar-refractivity contribution in [1.82, 2.24) is 4.57 Å². The smallest absolute Gasteiger partial charge is 0.256 e. The number of aliphatic imine (C=N–C) groups is 1. The molecule has 1 N–H and O–H groups in total. The van der Waals surface area contributed by atoms with E-state index in [1.54, 1.807) is 36.5 Å². The number of anilines is 1. The van der Waals surface area contributed by atoms with Crippen molar-refractivity contribution in [3.05, 3.63) is 58.5 Å². The van der Waals surface area contributed by atoms with Crippen LogP contribution in [0, 0.1) is 0 Å². The minimum atomic E-state index is -0.781. The zero-order valence-corrected chi connectivity index (χ0v) is 12.2. The van der Waals surface area contributed by atoms with Gasteiger partial charge in [-0.3, -0.25) is 14.2 Å². The van der Waals surface area contributed by atoms with Crippen LogP contribution in [0.1, 0.15) is 19.4 Å². The zero-order valence-electron chi connectivity index (χ0n) is 12.2. The number of pyridine rings is 1. The van der Waals surface area contributed by atoms with Crippen molar-refractivity contribution in [3.8, 4) is 5.75 Å². The van der Waals surface area contributed by atoms with E-state index in [2.05, 4.69) is 10.3 Å². The van der Waals surface area contributed by atoms with Gasteiger partial charge in [-0.25, -0.2) is 4.99 Å². The normalized spacial score (nSPS) is 15.3. The minimum absolute atomic E-state index is 0.182. The summed E-state index contributed by atoms with van der Waals surface area (Å²) in [4.78, 5) is 27.3. The van der Waals surface area contributed by atoms with Crippen LogP contribution in [0.15, 0.2) is 52.4 Å². The first-order valence-corrected chi connectivity index (χ1v) is 6.82. The molecule has 0 spiro atoms. The molecule has 0 saturated carbocycles. The highest BCUT2D eigenvalue weighted by atomic mass is 16.5. The van der Waals surface area contributed by atoms with E-state index in [0.717, 1.165) is 0 Å². The number of aromatic nitrogens is 1. The zero-order chi connectivity index (χ0) is 15.7. The molecule has 0 radical (unpaired) electrons. The Morgan fingerprint density at radius 2 is 2.09 bits per heavy atom. The van der Waals surface area contributed by atoms with Gasteiger partial charge in [0.05, 0.1) is 5.56 Å². The SMILES string of the molecule is CC1(C)N=C(n2ccccc2=O)c2cc(NC=O)ccc2O1. The molecule has 112 valence electrons. The molecule has 1 aliphatic heterocycles. The topological polar surface area (TPSA) is 72.7 Å². The summed E-state index contributed by atoms with van der Waals surface area (Å²) in [6, 6.07) is 10.1. The number of benzene rings is 1. The Morgan fingerprint density at radius 3 is 2.82 bits per heavy atom. The molecule has 1 aliphatic rings. The summed E-state index contributed by atoms with van der Waals surface area (Å²) in [5.41, 5.74) is 0.295. The van der Waals surface area contributed by atoms with Gasteiger partial charge in [0.25, 0.3) is 5.56 Å². The molecule has 1 amide bonds. The summed E-state index contributed by atoms with van der Waals surface area (Å²) < 4.78 is 7.29. The Morgan fingerprint density at radius 1 is 1.27 bits per heavy atom. The van der Waals surface area contributed by atoms with E-state index in [1.165, 1.54) is 10.6 Å². The van der Waals surface area contributed by atoms with E-state index in [9.17, 15) is 9.59 Å². The quantitative estimate of drug-likeness (QED) is 0.860. The monoisotopic (exact) mass is 297 g/mol. The van der Waals surface area contributed by atoms with Gasteiger partial charge in [-0.05, 0) is 38.1 Å². The molecule has 1 aromatic heterocycles. The standard InChI is InChI=1S/C16H15N3O3/c1-16(2)18-15(19-8-4-3-5-14(19)21)12-9-11(17-10-20)6-7-13(12)22-16/h3-10H,1-2H3,(H,17,20). The van der Waals surface area contributed by atoms with Crippen LogP contribution in [-0.2, 0) is 4.79 Å². The van der Waals surface area contributed by atoms with Gasteiger partial charge in [-0.15, -0.1) is 0 Å². The largest absolute Gasteiger partial charge is 0.466 e. The maximum absolute atomic E-state index is 12.1. The third-order valence-corrected chi connectivity index (χ3v) is 3.23. The van der Waals surface area contributed by atoms with Crippen molar-refractivity contribution in [2.24, 2.45) is 4.99 Å². The Hall–Kier alpha value is -2.89.